The highest BCUT2D eigenvalue weighted by atomic mass is 79.9. The van der Waals surface area contributed by atoms with Crippen LogP contribution >= 0.6 is 15.9 Å². The second-order valence-electron chi connectivity index (χ2n) is 4.15. The first-order valence-corrected chi connectivity index (χ1v) is 5.80. The molecule has 0 saturated heterocycles. The summed E-state index contributed by atoms with van der Waals surface area (Å²) in [6, 6.07) is 4.35. The van der Waals surface area contributed by atoms with Gasteiger partial charge in [-0.2, -0.15) is 0 Å². The fourth-order valence-corrected chi connectivity index (χ4v) is 2.27. The van der Waals surface area contributed by atoms with Gasteiger partial charge in [0, 0.05) is 22.0 Å². The van der Waals surface area contributed by atoms with E-state index in [1.165, 1.54) is 41.5 Å². The van der Waals surface area contributed by atoms with E-state index < -0.39 is 0 Å². The molecule has 0 N–H and O–H groups in total. The quantitative estimate of drug-likeness (QED) is 0.767. The highest BCUT2D eigenvalue weighted by Gasteiger charge is 2.30. The molecule has 2 aliphatic carbocycles. The van der Waals surface area contributed by atoms with Crippen molar-refractivity contribution in [3.63, 3.8) is 0 Å². The van der Waals surface area contributed by atoms with Crippen molar-refractivity contribution in [1.29, 1.82) is 0 Å². The van der Waals surface area contributed by atoms with Crippen LogP contribution in [0.4, 0.5) is 0 Å². The van der Waals surface area contributed by atoms with Gasteiger partial charge in [0.2, 0.25) is 0 Å². The molecule has 13 heavy (non-hydrogen) atoms. The van der Waals surface area contributed by atoms with Crippen molar-refractivity contribution in [1.82, 2.24) is 4.98 Å². The monoisotopic (exact) mass is 237 g/mol. The first kappa shape index (κ1) is 7.98. The summed E-state index contributed by atoms with van der Waals surface area (Å²) >= 11 is 3.58. The van der Waals surface area contributed by atoms with E-state index in [0.717, 1.165) is 11.8 Å². The van der Waals surface area contributed by atoms with Crippen LogP contribution in [0.3, 0.4) is 0 Å². The Bertz CT molecular complexity index is 340. The molecule has 0 amide bonds. The minimum Gasteiger partial charge on any atom is -0.256 e. The molecular weight excluding hydrogens is 226 g/mol. The zero-order valence-electron chi connectivity index (χ0n) is 7.46. The van der Waals surface area contributed by atoms with Gasteiger partial charge in [0.05, 0.1) is 5.69 Å². The first-order chi connectivity index (χ1) is 6.34. The third-order valence-electron chi connectivity index (χ3n) is 2.85. The Hall–Kier alpha value is -0.370. The zero-order chi connectivity index (χ0) is 8.84. The third kappa shape index (κ3) is 1.52. The fraction of sp³-hybridized carbons (Fsp3) is 0.545. The lowest BCUT2D eigenvalue weighted by molar-refractivity contribution is 0.930. The van der Waals surface area contributed by atoms with E-state index in [1.807, 2.05) is 0 Å². The maximum atomic E-state index is 4.75. The van der Waals surface area contributed by atoms with Crippen molar-refractivity contribution in [2.75, 3.05) is 0 Å². The van der Waals surface area contributed by atoms with E-state index in [4.69, 9.17) is 4.98 Å². The van der Waals surface area contributed by atoms with Gasteiger partial charge in [-0.3, -0.25) is 4.98 Å². The molecule has 0 bridgehead atoms. The van der Waals surface area contributed by atoms with Gasteiger partial charge in [-0.1, -0.05) is 0 Å². The molecule has 1 heterocycles. The second kappa shape index (κ2) is 2.81. The predicted octanol–water partition coefficient (Wildman–Crippen LogP) is 3.60. The van der Waals surface area contributed by atoms with Gasteiger partial charge in [0.15, 0.2) is 0 Å². The summed E-state index contributed by atoms with van der Waals surface area (Å²) < 4.78 is 1.21. The minimum absolute atomic E-state index is 0.757. The molecule has 3 rings (SSSR count). The van der Waals surface area contributed by atoms with Crippen LogP contribution in [0.1, 0.15) is 48.9 Å². The molecule has 1 nitrogen and oxygen atoms in total. The van der Waals surface area contributed by atoms with Gasteiger partial charge in [0.1, 0.15) is 0 Å². The number of aromatic nitrogens is 1. The third-order valence-corrected chi connectivity index (χ3v) is 3.52. The number of nitrogens with zero attached hydrogens (tertiary/aromatic N) is 1. The maximum Gasteiger partial charge on any atom is 0.0579 e. The highest BCUT2D eigenvalue weighted by Crippen LogP contribution is 2.45. The van der Waals surface area contributed by atoms with Crippen molar-refractivity contribution in [2.24, 2.45) is 0 Å². The first-order valence-electron chi connectivity index (χ1n) is 5.01. The number of rotatable bonds is 2. The summed E-state index contributed by atoms with van der Waals surface area (Å²) in [7, 11) is 0. The number of pyridine rings is 1. The molecule has 2 fully saturated rings. The van der Waals surface area contributed by atoms with E-state index in [-0.39, 0.29) is 0 Å². The highest BCUT2D eigenvalue weighted by molar-refractivity contribution is 9.10. The summed E-state index contributed by atoms with van der Waals surface area (Å²) in [5.41, 5.74) is 2.63. The molecule has 68 valence electrons. The summed E-state index contributed by atoms with van der Waals surface area (Å²) in [5, 5.41) is 0. The number of halogens is 1. The van der Waals surface area contributed by atoms with E-state index in [2.05, 4.69) is 28.1 Å². The van der Waals surface area contributed by atoms with E-state index in [0.29, 0.717) is 0 Å². The van der Waals surface area contributed by atoms with Gasteiger partial charge >= 0.3 is 0 Å². The minimum atomic E-state index is 0.757. The van der Waals surface area contributed by atoms with Crippen LogP contribution in [-0.4, -0.2) is 4.98 Å². The Morgan fingerprint density at radius 2 is 1.77 bits per heavy atom. The summed E-state index contributed by atoms with van der Waals surface area (Å²) in [6.07, 6.45) is 5.36. The topological polar surface area (TPSA) is 12.9 Å². The maximum absolute atomic E-state index is 4.75. The Labute approximate surface area is 86.7 Å². The molecule has 1 aromatic rings. The lowest BCUT2D eigenvalue weighted by Crippen LogP contribution is -1.93. The summed E-state index contributed by atoms with van der Waals surface area (Å²) in [6.45, 7) is 0. The van der Waals surface area contributed by atoms with Crippen LogP contribution in [0.2, 0.25) is 0 Å². The smallest absolute Gasteiger partial charge is 0.0579 e. The lowest BCUT2D eigenvalue weighted by Gasteiger charge is -2.04. The van der Waals surface area contributed by atoms with Crippen molar-refractivity contribution in [3.05, 3.63) is 28.0 Å². The Morgan fingerprint density at radius 1 is 1.08 bits per heavy atom. The van der Waals surface area contributed by atoms with Gasteiger partial charge in [0.25, 0.3) is 0 Å². The number of hydrogen-bond acceptors (Lipinski definition) is 1. The normalized spacial score (nSPS) is 21.9. The van der Waals surface area contributed by atoms with Crippen LogP contribution in [0.5, 0.6) is 0 Å². The molecule has 1 aromatic heterocycles. The van der Waals surface area contributed by atoms with Crippen molar-refractivity contribution >= 4 is 15.9 Å². The Balaban J connectivity index is 1.99. The van der Waals surface area contributed by atoms with Crippen molar-refractivity contribution in [3.8, 4) is 0 Å². The molecule has 2 saturated carbocycles. The fourth-order valence-electron chi connectivity index (χ4n) is 1.72. The molecule has 0 aromatic carbocycles. The van der Waals surface area contributed by atoms with Crippen LogP contribution in [0.15, 0.2) is 16.6 Å². The Kier molecular flexibility index (Phi) is 1.72. The SMILES string of the molecule is Brc1ccc(C2CC2)nc1C1CC1. The molecule has 2 aliphatic rings. The molecule has 0 atom stereocenters. The average molecular weight is 238 g/mol. The van der Waals surface area contributed by atoms with Gasteiger partial charge in [-0.15, -0.1) is 0 Å². The van der Waals surface area contributed by atoms with Crippen molar-refractivity contribution in [2.45, 2.75) is 37.5 Å². The molecule has 0 spiro atoms. The average Bonchev–Trinajstić information content (AvgIpc) is 3.00. The molecule has 0 unspecified atom stereocenters. The Morgan fingerprint density at radius 3 is 2.38 bits per heavy atom. The van der Waals surface area contributed by atoms with Crippen LogP contribution < -0.4 is 0 Å². The number of hydrogen-bond donors (Lipinski definition) is 0. The van der Waals surface area contributed by atoms with E-state index >= 15 is 0 Å². The van der Waals surface area contributed by atoms with Crippen molar-refractivity contribution < 1.29 is 0 Å². The largest absolute Gasteiger partial charge is 0.256 e. The predicted molar refractivity (Wildman–Crippen MR) is 55.9 cm³/mol. The second-order valence-corrected chi connectivity index (χ2v) is 5.01. The van der Waals surface area contributed by atoms with Gasteiger partial charge < -0.3 is 0 Å². The standard InChI is InChI=1S/C11H12BrN/c12-9-5-6-10(7-1-2-7)13-11(9)8-3-4-8/h5-8H,1-4H2. The van der Waals surface area contributed by atoms with Crippen LogP contribution in [0.25, 0.3) is 0 Å². The van der Waals surface area contributed by atoms with E-state index in [9.17, 15) is 0 Å². The van der Waals surface area contributed by atoms with E-state index in [1.54, 1.807) is 0 Å². The molecular formula is C11H12BrN. The molecule has 0 aliphatic heterocycles. The summed E-state index contributed by atoms with van der Waals surface area (Å²) in [5.74, 6) is 1.54. The lowest BCUT2D eigenvalue weighted by atomic mass is 10.2. The molecule has 0 radical (unpaired) electrons. The molecule has 2 heteroatoms. The summed E-state index contributed by atoms with van der Waals surface area (Å²) in [4.78, 5) is 4.75. The van der Waals surface area contributed by atoms with Gasteiger partial charge in [-0.05, 0) is 53.7 Å². The van der Waals surface area contributed by atoms with Gasteiger partial charge in [-0.25, -0.2) is 0 Å². The van der Waals surface area contributed by atoms with Crippen LogP contribution in [0, 0.1) is 0 Å². The van der Waals surface area contributed by atoms with Crippen LogP contribution in [-0.2, 0) is 0 Å². The zero-order valence-corrected chi connectivity index (χ0v) is 9.05.